The van der Waals surface area contributed by atoms with Gasteiger partial charge in [0, 0.05) is 11.3 Å². The molecule has 0 saturated heterocycles. The molecule has 0 heterocycles. The molecule has 2 aromatic rings. The molecule has 2 N–H and O–H groups in total. The summed E-state index contributed by atoms with van der Waals surface area (Å²) in [4.78, 5) is 23.9. The lowest BCUT2D eigenvalue weighted by Crippen LogP contribution is -2.46. The normalized spacial score (nSPS) is 11.3. The third kappa shape index (κ3) is 4.07. The van der Waals surface area contributed by atoms with Gasteiger partial charge in [-0.1, -0.05) is 48.5 Å². The van der Waals surface area contributed by atoms with Crippen molar-refractivity contribution in [2.75, 3.05) is 12.4 Å². The van der Waals surface area contributed by atoms with E-state index in [1.54, 1.807) is 24.3 Å². The molecule has 0 aliphatic rings. The molecular formula is C16H16N2O3. The van der Waals surface area contributed by atoms with Crippen LogP contribution in [-0.2, 0) is 4.74 Å². The number of benzene rings is 2. The molecule has 5 nitrogen and oxygen atoms in total. The van der Waals surface area contributed by atoms with E-state index in [0.29, 0.717) is 5.56 Å². The minimum absolute atomic E-state index is 0.246. The van der Waals surface area contributed by atoms with Gasteiger partial charge in [0.05, 0.1) is 7.11 Å². The molecule has 0 bridgehead atoms. The van der Waals surface area contributed by atoms with Crippen molar-refractivity contribution in [3.05, 3.63) is 66.2 Å². The Morgan fingerprint density at radius 3 is 2.10 bits per heavy atom. The second-order valence-corrected chi connectivity index (χ2v) is 4.31. The second kappa shape index (κ2) is 7.09. The Labute approximate surface area is 122 Å². The minimum atomic E-state index is -0.901. The van der Waals surface area contributed by atoms with Crippen LogP contribution in [0.25, 0.3) is 0 Å². The van der Waals surface area contributed by atoms with Crippen LogP contribution in [0.2, 0.25) is 0 Å². The third-order valence-electron chi connectivity index (χ3n) is 2.85. The number of hydrogen-bond donors (Lipinski definition) is 2. The van der Waals surface area contributed by atoms with Crippen molar-refractivity contribution in [2.45, 2.75) is 6.17 Å². The molecule has 5 heteroatoms. The first kappa shape index (κ1) is 14.6. The molecule has 0 saturated carbocycles. The Morgan fingerprint density at radius 2 is 1.52 bits per heavy atom. The number of anilines is 1. The first-order valence-electron chi connectivity index (χ1n) is 6.46. The summed E-state index contributed by atoms with van der Waals surface area (Å²) >= 11 is 0. The van der Waals surface area contributed by atoms with Crippen molar-refractivity contribution in [1.29, 1.82) is 0 Å². The molecule has 0 spiro atoms. The van der Waals surface area contributed by atoms with Crippen molar-refractivity contribution >= 4 is 17.6 Å². The summed E-state index contributed by atoms with van der Waals surface area (Å²) in [6.07, 6.45) is -1.57. The predicted molar refractivity (Wildman–Crippen MR) is 80.2 cm³/mol. The van der Waals surface area contributed by atoms with Crippen LogP contribution in [0.1, 0.15) is 10.4 Å². The molecule has 2 rings (SSSR count). The molecule has 0 fully saturated rings. The van der Waals surface area contributed by atoms with E-state index >= 15 is 0 Å². The number of nitrogens with one attached hydrogen (secondary N) is 2. The fourth-order valence-corrected chi connectivity index (χ4v) is 1.81. The van der Waals surface area contributed by atoms with Gasteiger partial charge in [-0.15, -0.1) is 0 Å². The van der Waals surface area contributed by atoms with Gasteiger partial charge in [-0.25, -0.2) is 4.79 Å². The highest BCUT2D eigenvalue weighted by molar-refractivity contribution is 6.02. The molecule has 21 heavy (non-hydrogen) atoms. The Hall–Kier alpha value is -2.82. The average Bonchev–Trinajstić information content (AvgIpc) is 2.55. The molecular weight excluding hydrogens is 268 g/mol. The molecule has 0 aliphatic carbocycles. The lowest BCUT2D eigenvalue weighted by Gasteiger charge is -2.19. The average molecular weight is 284 g/mol. The van der Waals surface area contributed by atoms with Gasteiger partial charge >= 0.3 is 6.09 Å². The maximum absolute atomic E-state index is 12.5. The summed E-state index contributed by atoms with van der Waals surface area (Å²) in [6.45, 7) is 0. The quantitative estimate of drug-likeness (QED) is 0.654. The second-order valence-electron chi connectivity index (χ2n) is 4.31. The first-order valence-corrected chi connectivity index (χ1v) is 6.46. The van der Waals surface area contributed by atoms with Gasteiger partial charge < -0.3 is 10.1 Å². The number of methoxy groups -OCH3 is 1. The number of carbonyl (C=O) groups is 2. The fourth-order valence-electron chi connectivity index (χ4n) is 1.81. The van der Waals surface area contributed by atoms with E-state index in [2.05, 4.69) is 15.4 Å². The van der Waals surface area contributed by atoms with Crippen molar-refractivity contribution in [3.63, 3.8) is 0 Å². The zero-order valence-corrected chi connectivity index (χ0v) is 11.6. The van der Waals surface area contributed by atoms with E-state index in [4.69, 9.17) is 0 Å². The highest BCUT2D eigenvalue weighted by Gasteiger charge is 2.22. The van der Waals surface area contributed by atoms with Crippen LogP contribution in [-0.4, -0.2) is 25.2 Å². The predicted octanol–water partition coefficient (Wildman–Crippen LogP) is 2.66. The Bertz CT molecular complexity index is 599. The van der Waals surface area contributed by atoms with Crippen LogP contribution < -0.4 is 10.6 Å². The summed E-state index contributed by atoms with van der Waals surface area (Å²) in [5, 5.41) is 5.47. The molecule has 0 unspecified atom stereocenters. The number of alkyl carbamates (subject to hydrolysis) is 1. The van der Waals surface area contributed by atoms with Gasteiger partial charge in [-0.3, -0.25) is 10.1 Å². The number of ether oxygens (including phenoxy) is 1. The van der Waals surface area contributed by atoms with Gasteiger partial charge in [-0.05, 0) is 12.1 Å². The Morgan fingerprint density at radius 1 is 0.952 bits per heavy atom. The molecule has 1 atom stereocenters. The van der Waals surface area contributed by atoms with E-state index < -0.39 is 12.3 Å². The number of para-hydroxylation sites is 1. The zero-order valence-electron chi connectivity index (χ0n) is 11.6. The number of Topliss-reactive ketones (excluding diaryl/α,β-unsaturated/α-hetero) is 1. The molecule has 0 aromatic heterocycles. The molecule has 0 radical (unpaired) electrons. The van der Waals surface area contributed by atoms with Crippen LogP contribution in [0, 0.1) is 0 Å². The number of carbonyl (C=O) groups excluding carboxylic acids is 2. The SMILES string of the molecule is COC(=O)N[C@@H](Nc1ccccc1)C(=O)c1ccccc1. The maximum atomic E-state index is 12.5. The fraction of sp³-hybridized carbons (Fsp3) is 0.125. The summed E-state index contributed by atoms with van der Waals surface area (Å²) in [5.74, 6) is -0.246. The molecule has 108 valence electrons. The number of rotatable bonds is 5. The van der Waals surface area contributed by atoms with E-state index in [9.17, 15) is 9.59 Å². The van der Waals surface area contributed by atoms with E-state index in [1.165, 1.54) is 7.11 Å². The summed E-state index contributed by atoms with van der Waals surface area (Å²) < 4.78 is 4.56. The standard InChI is InChI=1S/C16H16N2O3/c1-21-16(20)18-15(17-13-10-6-3-7-11-13)14(19)12-8-4-2-5-9-12/h2-11,15,17H,1H3,(H,18,20)/t15-/m1/s1. The van der Waals surface area contributed by atoms with Gasteiger partial charge in [0.1, 0.15) is 0 Å². The largest absolute Gasteiger partial charge is 0.453 e. The van der Waals surface area contributed by atoms with Crippen LogP contribution in [0.3, 0.4) is 0 Å². The van der Waals surface area contributed by atoms with Crippen LogP contribution in [0.4, 0.5) is 10.5 Å². The van der Waals surface area contributed by atoms with Gasteiger partial charge in [0.2, 0.25) is 5.78 Å². The van der Waals surface area contributed by atoms with E-state index in [0.717, 1.165) is 5.69 Å². The van der Waals surface area contributed by atoms with Crippen LogP contribution in [0.15, 0.2) is 60.7 Å². The number of hydrogen-bond acceptors (Lipinski definition) is 4. The lowest BCUT2D eigenvalue weighted by molar-refractivity contribution is 0.0944. The van der Waals surface area contributed by atoms with Crippen molar-refractivity contribution < 1.29 is 14.3 Å². The monoisotopic (exact) mass is 284 g/mol. The van der Waals surface area contributed by atoms with Crippen LogP contribution in [0.5, 0.6) is 0 Å². The third-order valence-corrected chi connectivity index (χ3v) is 2.85. The minimum Gasteiger partial charge on any atom is -0.453 e. The molecule has 0 aliphatic heterocycles. The molecule has 2 aromatic carbocycles. The van der Waals surface area contributed by atoms with Crippen molar-refractivity contribution in [2.24, 2.45) is 0 Å². The van der Waals surface area contributed by atoms with Gasteiger partial charge in [0.25, 0.3) is 0 Å². The highest BCUT2D eigenvalue weighted by Crippen LogP contribution is 2.10. The van der Waals surface area contributed by atoms with E-state index in [-0.39, 0.29) is 5.78 Å². The highest BCUT2D eigenvalue weighted by atomic mass is 16.5. The summed E-state index contributed by atoms with van der Waals surface area (Å²) in [5.41, 5.74) is 1.23. The maximum Gasteiger partial charge on any atom is 0.408 e. The first-order chi connectivity index (χ1) is 10.2. The summed E-state index contributed by atoms with van der Waals surface area (Å²) in [7, 11) is 1.25. The topological polar surface area (TPSA) is 67.4 Å². The number of ketones is 1. The van der Waals surface area contributed by atoms with Crippen molar-refractivity contribution in [3.8, 4) is 0 Å². The smallest absolute Gasteiger partial charge is 0.408 e. The molecule has 1 amide bonds. The van der Waals surface area contributed by atoms with E-state index in [1.807, 2.05) is 36.4 Å². The number of amides is 1. The Balaban J connectivity index is 2.19. The summed E-state index contributed by atoms with van der Waals surface area (Å²) in [6, 6.07) is 17.9. The Kier molecular flexibility index (Phi) is 4.93. The van der Waals surface area contributed by atoms with Gasteiger partial charge in [0.15, 0.2) is 6.17 Å². The zero-order chi connectivity index (χ0) is 15.1. The van der Waals surface area contributed by atoms with Crippen LogP contribution >= 0.6 is 0 Å². The lowest BCUT2D eigenvalue weighted by atomic mass is 10.1. The van der Waals surface area contributed by atoms with Crippen molar-refractivity contribution in [1.82, 2.24) is 5.32 Å². The van der Waals surface area contributed by atoms with Gasteiger partial charge in [-0.2, -0.15) is 0 Å².